The highest BCUT2D eigenvalue weighted by atomic mass is 35.5. The minimum atomic E-state index is -0.359. The third kappa shape index (κ3) is 5.47. The van der Waals surface area contributed by atoms with Gasteiger partial charge in [0, 0.05) is 33.8 Å². The molecule has 6 nitrogen and oxygen atoms in total. The molecule has 0 heterocycles. The average Bonchev–Trinajstić information content (AvgIpc) is 2.66. The minimum Gasteiger partial charge on any atom is -0.398 e. The third-order valence-corrected chi connectivity index (χ3v) is 4.42. The van der Waals surface area contributed by atoms with Gasteiger partial charge in [-0.2, -0.15) is 0 Å². The number of rotatable bonds is 7. The molecule has 2 aromatic rings. The predicted octanol–water partition coefficient (Wildman–Crippen LogP) is 4.34. The lowest BCUT2D eigenvalue weighted by Gasteiger charge is -2.13. The molecule has 28 heavy (non-hydrogen) atoms. The van der Waals surface area contributed by atoms with Gasteiger partial charge in [-0.3, -0.25) is 4.79 Å². The van der Waals surface area contributed by atoms with Crippen LogP contribution in [-0.4, -0.2) is 31.5 Å². The van der Waals surface area contributed by atoms with Crippen molar-refractivity contribution in [3.05, 3.63) is 68.7 Å². The number of hydrogen-bond donors (Lipinski definition) is 1. The zero-order chi connectivity index (χ0) is 20.7. The van der Waals surface area contributed by atoms with Crippen LogP contribution >= 0.6 is 23.2 Å². The fraction of sp³-hybridized carbons (Fsp3) is 0.250. The molecule has 0 bridgehead atoms. The summed E-state index contributed by atoms with van der Waals surface area (Å²) in [7, 11) is 2.92. The lowest BCUT2D eigenvalue weighted by Crippen LogP contribution is -2.29. The van der Waals surface area contributed by atoms with E-state index >= 15 is 0 Å². The summed E-state index contributed by atoms with van der Waals surface area (Å²) in [5, 5.41) is 11.6. The summed E-state index contributed by atoms with van der Waals surface area (Å²) in [6.45, 7) is 3.86. The molecule has 0 saturated heterocycles. The second kappa shape index (κ2) is 10.1. The van der Waals surface area contributed by atoms with Crippen LogP contribution in [0.2, 0.25) is 10.0 Å². The van der Waals surface area contributed by atoms with Gasteiger partial charge >= 0.3 is 0 Å². The first kappa shape index (κ1) is 21.7. The molecule has 0 saturated carbocycles. The molecule has 0 aromatic heterocycles. The summed E-state index contributed by atoms with van der Waals surface area (Å²) in [6.07, 6.45) is 0. The Morgan fingerprint density at radius 1 is 1.14 bits per heavy atom. The monoisotopic (exact) mass is 421 g/mol. The fourth-order valence-electron chi connectivity index (χ4n) is 2.55. The highest BCUT2D eigenvalue weighted by molar-refractivity contribution is 6.45. The normalized spacial score (nSPS) is 11.9. The maximum absolute atomic E-state index is 12.2. The second-order valence-electron chi connectivity index (χ2n) is 5.91. The lowest BCUT2D eigenvalue weighted by molar-refractivity contribution is -0.114. The summed E-state index contributed by atoms with van der Waals surface area (Å²) in [5.41, 5.74) is 3.87. The third-order valence-electron chi connectivity index (χ3n) is 3.98. The number of aryl methyl sites for hydroxylation is 1. The van der Waals surface area contributed by atoms with Crippen molar-refractivity contribution in [1.29, 1.82) is 0 Å². The van der Waals surface area contributed by atoms with Crippen molar-refractivity contribution < 1.29 is 14.5 Å². The van der Waals surface area contributed by atoms with Gasteiger partial charge in [0.05, 0.1) is 5.71 Å². The number of amides is 1. The summed E-state index contributed by atoms with van der Waals surface area (Å²) in [4.78, 5) is 22.6. The molecule has 1 amide bonds. The molecule has 2 rings (SSSR count). The number of likely N-dealkylation sites (N-methyl/N-ethyl adjacent to an activating group) is 1. The maximum Gasteiger partial charge on any atom is 0.273 e. The van der Waals surface area contributed by atoms with Crippen LogP contribution in [0.3, 0.4) is 0 Å². The van der Waals surface area contributed by atoms with Crippen LogP contribution in [0.4, 0.5) is 0 Å². The van der Waals surface area contributed by atoms with E-state index in [0.29, 0.717) is 21.3 Å². The van der Waals surface area contributed by atoms with Gasteiger partial charge in [0.2, 0.25) is 0 Å². The van der Waals surface area contributed by atoms with Gasteiger partial charge in [-0.1, -0.05) is 51.7 Å². The van der Waals surface area contributed by atoms with E-state index in [2.05, 4.69) is 15.6 Å². The Morgan fingerprint density at radius 3 is 2.43 bits per heavy atom. The summed E-state index contributed by atoms with van der Waals surface area (Å²) >= 11 is 12.1. The molecule has 0 aliphatic rings. The zero-order valence-corrected chi connectivity index (χ0v) is 17.6. The number of nitrogens with zero attached hydrogens (tertiary/aromatic N) is 2. The highest BCUT2D eigenvalue weighted by Gasteiger charge is 2.19. The minimum absolute atomic E-state index is 0.146. The number of halogens is 2. The first-order chi connectivity index (χ1) is 13.4. The summed E-state index contributed by atoms with van der Waals surface area (Å²) in [5.74, 6) is -0.359. The lowest BCUT2D eigenvalue weighted by atomic mass is 9.98. The number of nitrogens with one attached hydrogen (secondary N) is 1. The quantitative estimate of drug-likeness (QED) is 0.533. The van der Waals surface area contributed by atoms with E-state index in [-0.39, 0.29) is 18.2 Å². The topological polar surface area (TPSA) is 72.3 Å². The SMILES string of the molecule is CNC(=O)/C(=N/OC)c1cccc(C)c1CO/N=C(\C)c1cc(Cl)cc(Cl)c1. The number of carbonyl (C=O) groups excluding carboxylic acids is 1. The van der Waals surface area contributed by atoms with Crippen molar-refractivity contribution in [3.63, 3.8) is 0 Å². The number of hydrogen-bond acceptors (Lipinski definition) is 5. The van der Waals surface area contributed by atoms with E-state index in [1.54, 1.807) is 31.2 Å². The molecule has 0 atom stereocenters. The molecule has 0 unspecified atom stereocenters. The average molecular weight is 422 g/mol. The van der Waals surface area contributed by atoms with E-state index in [9.17, 15) is 4.79 Å². The predicted molar refractivity (Wildman–Crippen MR) is 112 cm³/mol. The molecule has 8 heteroatoms. The summed E-state index contributed by atoms with van der Waals surface area (Å²) in [6, 6.07) is 10.7. The number of oxime groups is 2. The largest absolute Gasteiger partial charge is 0.398 e. The molecule has 0 fully saturated rings. The van der Waals surface area contributed by atoms with Crippen LogP contribution in [0.15, 0.2) is 46.7 Å². The van der Waals surface area contributed by atoms with Crippen molar-refractivity contribution >= 4 is 40.5 Å². The van der Waals surface area contributed by atoms with Crippen molar-refractivity contribution in [1.82, 2.24) is 5.32 Å². The molecular formula is C20H21Cl2N3O3. The van der Waals surface area contributed by atoms with Gasteiger partial charge in [-0.15, -0.1) is 0 Å². The van der Waals surface area contributed by atoms with E-state index < -0.39 is 0 Å². The molecule has 0 spiro atoms. The first-order valence-corrected chi connectivity index (χ1v) is 9.18. The smallest absolute Gasteiger partial charge is 0.273 e. The zero-order valence-electron chi connectivity index (χ0n) is 16.0. The van der Waals surface area contributed by atoms with Crippen molar-refractivity contribution in [2.75, 3.05) is 14.2 Å². The van der Waals surface area contributed by atoms with Crippen LogP contribution in [0.1, 0.15) is 29.2 Å². The molecule has 0 radical (unpaired) electrons. The van der Waals surface area contributed by atoms with Crippen molar-refractivity contribution in [3.8, 4) is 0 Å². The van der Waals surface area contributed by atoms with Crippen LogP contribution in [0.5, 0.6) is 0 Å². The fourth-order valence-corrected chi connectivity index (χ4v) is 3.07. The van der Waals surface area contributed by atoms with E-state index in [1.165, 1.54) is 14.2 Å². The highest BCUT2D eigenvalue weighted by Crippen LogP contribution is 2.21. The Hall–Kier alpha value is -2.57. The second-order valence-corrected chi connectivity index (χ2v) is 6.78. The number of benzene rings is 2. The Kier molecular flexibility index (Phi) is 7.84. The van der Waals surface area contributed by atoms with Crippen LogP contribution in [0, 0.1) is 6.92 Å². The van der Waals surface area contributed by atoms with Crippen molar-refractivity contribution in [2.45, 2.75) is 20.5 Å². The van der Waals surface area contributed by atoms with Gasteiger partial charge in [0.1, 0.15) is 13.7 Å². The number of carbonyl (C=O) groups is 1. The van der Waals surface area contributed by atoms with Crippen LogP contribution < -0.4 is 5.32 Å². The Labute approximate surface area is 174 Å². The first-order valence-electron chi connectivity index (χ1n) is 8.42. The van der Waals surface area contributed by atoms with Gasteiger partial charge in [-0.05, 0) is 37.6 Å². The standard InChI is InChI=1S/C20H21Cl2N3O3/c1-12-6-5-7-17(19(25-27-4)20(26)23-3)18(12)11-28-24-13(2)14-8-15(21)10-16(22)9-14/h5-10H,11H2,1-4H3,(H,23,26)/b24-13+,25-19+. The van der Waals surface area contributed by atoms with E-state index in [4.69, 9.17) is 32.9 Å². The van der Waals surface area contributed by atoms with Crippen LogP contribution in [-0.2, 0) is 21.1 Å². The van der Waals surface area contributed by atoms with E-state index in [0.717, 1.165) is 16.7 Å². The molecule has 1 N–H and O–H groups in total. The van der Waals surface area contributed by atoms with Crippen LogP contribution in [0.25, 0.3) is 0 Å². The van der Waals surface area contributed by atoms with Gasteiger partial charge in [0.25, 0.3) is 5.91 Å². The van der Waals surface area contributed by atoms with Gasteiger partial charge < -0.3 is 15.0 Å². The molecule has 0 aliphatic heterocycles. The Morgan fingerprint density at radius 2 is 1.82 bits per heavy atom. The Balaban J connectivity index is 2.29. The van der Waals surface area contributed by atoms with Gasteiger partial charge in [-0.25, -0.2) is 0 Å². The maximum atomic E-state index is 12.2. The molecule has 2 aromatic carbocycles. The van der Waals surface area contributed by atoms with Crippen molar-refractivity contribution in [2.24, 2.45) is 10.3 Å². The molecular weight excluding hydrogens is 401 g/mol. The molecule has 148 valence electrons. The molecule has 0 aliphatic carbocycles. The Bertz CT molecular complexity index is 907. The van der Waals surface area contributed by atoms with E-state index in [1.807, 2.05) is 19.1 Å². The summed E-state index contributed by atoms with van der Waals surface area (Å²) < 4.78 is 0. The van der Waals surface area contributed by atoms with Gasteiger partial charge in [0.15, 0.2) is 5.71 Å².